The number of aromatic nitrogens is 2. The fourth-order valence-electron chi connectivity index (χ4n) is 6.80. The summed E-state index contributed by atoms with van der Waals surface area (Å²) < 4.78 is 41.7. The van der Waals surface area contributed by atoms with Crippen LogP contribution in [0.3, 0.4) is 0 Å². The van der Waals surface area contributed by atoms with Gasteiger partial charge in [0.05, 0.1) is 11.0 Å². The molecule has 2 heterocycles. The van der Waals surface area contributed by atoms with Crippen LogP contribution in [0.4, 0.5) is 19.1 Å². The predicted octanol–water partition coefficient (Wildman–Crippen LogP) is 5.99. The fourth-order valence-corrected chi connectivity index (χ4v) is 6.80. The summed E-state index contributed by atoms with van der Waals surface area (Å²) in [6, 6.07) is 23.5. The average molecular weight is 576 g/mol. The minimum Gasteiger partial charge on any atom is -0.346 e. The first-order chi connectivity index (χ1) is 20.3. The Labute approximate surface area is 244 Å². The molecule has 1 fully saturated rings. The molecule has 1 amide bonds. The van der Waals surface area contributed by atoms with E-state index in [1.807, 2.05) is 60.7 Å². The third-order valence-corrected chi connectivity index (χ3v) is 8.78. The number of alkyl halides is 3. The molecular formula is C33H36F3N5O. The van der Waals surface area contributed by atoms with E-state index in [-0.39, 0.29) is 0 Å². The number of unbranched alkanes of at least 4 members (excludes halogenated alkanes) is 1. The van der Waals surface area contributed by atoms with E-state index in [1.54, 1.807) is 0 Å². The summed E-state index contributed by atoms with van der Waals surface area (Å²) in [7, 11) is 0. The monoisotopic (exact) mass is 575 g/mol. The van der Waals surface area contributed by atoms with Gasteiger partial charge in [0, 0.05) is 32.7 Å². The van der Waals surface area contributed by atoms with Crippen molar-refractivity contribution in [2.24, 2.45) is 0 Å². The van der Waals surface area contributed by atoms with Crippen molar-refractivity contribution in [3.8, 4) is 11.1 Å². The molecule has 1 N–H and O–H groups in total. The number of carbonyl (C=O) groups excluding carboxylic acids is 1. The Hall–Kier alpha value is -3.85. The Morgan fingerprint density at radius 2 is 1.50 bits per heavy atom. The molecule has 2 aliphatic rings. The Kier molecular flexibility index (Phi) is 7.70. The number of nitrogens with one attached hydrogen (secondary N) is 1. The van der Waals surface area contributed by atoms with E-state index in [0.717, 1.165) is 84.9 Å². The van der Waals surface area contributed by atoms with Gasteiger partial charge in [0.2, 0.25) is 11.9 Å². The SMILES string of the molecule is CCn1c(N2CCN(CCCCC3(C(=O)NCC(F)(F)F)c4ccccc4-c4ccccc43)CC2)nc2ccccc21. The number of halogens is 3. The molecule has 1 aliphatic carbocycles. The second kappa shape index (κ2) is 11.4. The molecule has 0 atom stereocenters. The van der Waals surface area contributed by atoms with Crippen LogP contribution < -0.4 is 10.2 Å². The maximum atomic E-state index is 13.7. The van der Waals surface area contributed by atoms with Crippen LogP contribution in [0.25, 0.3) is 22.2 Å². The van der Waals surface area contributed by atoms with Crippen LogP contribution in [0.5, 0.6) is 0 Å². The van der Waals surface area contributed by atoms with Crippen molar-refractivity contribution in [1.82, 2.24) is 19.8 Å². The number of piperazine rings is 1. The lowest BCUT2D eigenvalue weighted by Gasteiger charge is -2.36. The molecule has 0 unspecified atom stereocenters. The van der Waals surface area contributed by atoms with Gasteiger partial charge in [0.1, 0.15) is 12.0 Å². The molecule has 1 aromatic heterocycles. The van der Waals surface area contributed by atoms with Crippen LogP contribution in [-0.4, -0.2) is 65.8 Å². The molecule has 3 aromatic carbocycles. The Bertz CT molecular complexity index is 1530. The summed E-state index contributed by atoms with van der Waals surface area (Å²) >= 11 is 0. The van der Waals surface area contributed by atoms with Crippen LogP contribution in [0.2, 0.25) is 0 Å². The van der Waals surface area contributed by atoms with Gasteiger partial charge in [0.15, 0.2) is 0 Å². The summed E-state index contributed by atoms with van der Waals surface area (Å²) in [6.07, 6.45) is -2.46. The number of hydrogen-bond acceptors (Lipinski definition) is 4. The van der Waals surface area contributed by atoms with E-state index in [1.165, 1.54) is 0 Å². The molecule has 6 nitrogen and oxygen atoms in total. The van der Waals surface area contributed by atoms with Gasteiger partial charge in [-0.3, -0.25) is 9.69 Å². The van der Waals surface area contributed by atoms with Crippen LogP contribution >= 0.6 is 0 Å². The third-order valence-electron chi connectivity index (χ3n) is 8.78. The molecule has 0 bridgehead atoms. The van der Waals surface area contributed by atoms with Gasteiger partial charge in [-0.15, -0.1) is 0 Å². The standard InChI is InChI=1S/C33H36F3N5O/c1-2-41-29-16-8-7-15-28(29)38-31(41)40-21-19-39(20-22-40)18-10-9-17-32(30(42)37-23-33(34,35)36)26-13-5-3-11-24(26)25-12-4-6-14-27(25)32/h3-8,11-16H,2,9-10,17-23H2,1H3,(H,37,42). The van der Waals surface area contributed by atoms with Gasteiger partial charge in [-0.2, -0.15) is 13.2 Å². The van der Waals surface area contributed by atoms with Crippen molar-refractivity contribution >= 4 is 22.9 Å². The molecule has 6 rings (SSSR count). The molecule has 1 saturated heterocycles. The van der Waals surface area contributed by atoms with E-state index in [0.29, 0.717) is 12.8 Å². The number of amides is 1. The number of benzene rings is 3. The molecule has 0 radical (unpaired) electrons. The molecule has 220 valence electrons. The van der Waals surface area contributed by atoms with Gasteiger partial charge >= 0.3 is 6.18 Å². The zero-order chi connectivity index (χ0) is 29.3. The number of anilines is 1. The Balaban J connectivity index is 1.13. The minimum absolute atomic E-state index is 0.450. The molecule has 4 aromatic rings. The smallest absolute Gasteiger partial charge is 0.346 e. The second-order valence-electron chi connectivity index (χ2n) is 11.2. The van der Waals surface area contributed by atoms with Gasteiger partial charge in [-0.25, -0.2) is 4.98 Å². The highest BCUT2D eigenvalue weighted by atomic mass is 19.4. The second-order valence-corrected chi connectivity index (χ2v) is 11.2. The minimum atomic E-state index is -4.47. The van der Waals surface area contributed by atoms with Gasteiger partial charge in [0.25, 0.3) is 0 Å². The number of fused-ring (bicyclic) bond motifs is 4. The first-order valence-electron chi connectivity index (χ1n) is 14.8. The first-order valence-corrected chi connectivity index (χ1v) is 14.8. The van der Waals surface area contributed by atoms with Crippen molar-refractivity contribution in [1.29, 1.82) is 0 Å². The van der Waals surface area contributed by atoms with Crippen molar-refractivity contribution in [3.63, 3.8) is 0 Å². The van der Waals surface area contributed by atoms with Crippen LogP contribution in [-0.2, 0) is 16.8 Å². The average Bonchev–Trinajstić information content (AvgIpc) is 3.52. The van der Waals surface area contributed by atoms with E-state index in [2.05, 4.69) is 38.7 Å². The van der Waals surface area contributed by atoms with E-state index >= 15 is 0 Å². The zero-order valence-electron chi connectivity index (χ0n) is 23.8. The van der Waals surface area contributed by atoms with Crippen LogP contribution in [0, 0.1) is 0 Å². The number of imidazole rings is 1. The fraction of sp³-hybridized carbons (Fsp3) is 0.394. The summed E-state index contributed by atoms with van der Waals surface area (Å²) in [5.74, 6) is 0.438. The maximum absolute atomic E-state index is 13.7. The van der Waals surface area contributed by atoms with E-state index in [4.69, 9.17) is 4.98 Å². The molecular weight excluding hydrogens is 539 g/mol. The Morgan fingerprint density at radius 3 is 2.14 bits per heavy atom. The number of para-hydroxylation sites is 2. The van der Waals surface area contributed by atoms with Crippen LogP contribution in [0.15, 0.2) is 72.8 Å². The van der Waals surface area contributed by atoms with E-state index < -0.39 is 24.0 Å². The summed E-state index contributed by atoms with van der Waals surface area (Å²) in [5.41, 5.74) is 4.45. The van der Waals surface area contributed by atoms with Crippen LogP contribution in [0.1, 0.15) is 37.3 Å². The normalized spacial score (nSPS) is 16.4. The highest BCUT2D eigenvalue weighted by molar-refractivity contribution is 6.00. The summed E-state index contributed by atoms with van der Waals surface area (Å²) in [6.45, 7) is 6.13. The van der Waals surface area contributed by atoms with E-state index in [9.17, 15) is 18.0 Å². The molecule has 1 aliphatic heterocycles. The van der Waals surface area contributed by atoms with Crippen molar-refractivity contribution < 1.29 is 18.0 Å². The molecule has 0 spiro atoms. The van der Waals surface area contributed by atoms with Gasteiger partial charge < -0.3 is 14.8 Å². The number of aryl methyl sites for hydroxylation is 1. The highest BCUT2D eigenvalue weighted by Crippen LogP contribution is 2.51. The first kappa shape index (κ1) is 28.3. The molecule has 42 heavy (non-hydrogen) atoms. The number of carbonyl (C=O) groups is 1. The number of nitrogens with zero attached hydrogens (tertiary/aromatic N) is 4. The zero-order valence-corrected chi connectivity index (χ0v) is 23.8. The predicted molar refractivity (Wildman–Crippen MR) is 160 cm³/mol. The van der Waals surface area contributed by atoms with Gasteiger partial charge in [-0.05, 0) is 60.7 Å². The number of rotatable bonds is 9. The molecule has 9 heteroatoms. The van der Waals surface area contributed by atoms with Crippen molar-refractivity contribution in [3.05, 3.63) is 83.9 Å². The topological polar surface area (TPSA) is 53.4 Å². The Morgan fingerprint density at radius 1 is 0.881 bits per heavy atom. The summed E-state index contributed by atoms with van der Waals surface area (Å²) in [4.78, 5) is 23.4. The van der Waals surface area contributed by atoms with Crippen molar-refractivity contribution in [2.75, 3.05) is 44.2 Å². The quantitative estimate of drug-likeness (QED) is 0.249. The lowest BCUT2D eigenvalue weighted by Crippen LogP contribution is -2.48. The molecule has 0 saturated carbocycles. The lowest BCUT2D eigenvalue weighted by molar-refractivity contribution is -0.141. The number of hydrogen-bond donors (Lipinski definition) is 1. The largest absolute Gasteiger partial charge is 0.405 e. The summed E-state index contributed by atoms with van der Waals surface area (Å²) in [5, 5.41) is 2.23. The third kappa shape index (κ3) is 5.15. The van der Waals surface area contributed by atoms with Gasteiger partial charge in [-0.1, -0.05) is 67.1 Å². The maximum Gasteiger partial charge on any atom is 0.405 e. The lowest BCUT2D eigenvalue weighted by atomic mass is 9.73. The van der Waals surface area contributed by atoms with Crippen molar-refractivity contribution in [2.45, 2.75) is 44.3 Å². The highest BCUT2D eigenvalue weighted by Gasteiger charge is 2.49.